The van der Waals surface area contributed by atoms with E-state index in [-0.39, 0.29) is 16.7 Å². The van der Waals surface area contributed by atoms with Crippen LogP contribution < -0.4 is 19.5 Å². The first-order chi connectivity index (χ1) is 9.47. The molecule has 0 spiro atoms. The number of methoxy groups -OCH3 is 2. The standard InChI is InChI=1S/C12H17BrN2O4S/c1-18-10-6-11(19-2)12(5-9(10)13)20(16,17)15-8-3-4-14-7-8/h5-6,8,14-15H,3-4,7H2,1-2H3. The minimum atomic E-state index is -3.63. The zero-order valence-electron chi connectivity index (χ0n) is 11.3. The third kappa shape index (κ3) is 3.25. The van der Waals surface area contributed by atoms with Crippen molar-refractivity contribution in [3.63, 3.8) is 0 Å². The molecule has 2 rings (SSSR count). The van der Waals surface area contributed by atoms with Gasteiger partial charge in [0.15, 0.2) is 0 Å². The van der Waals surface area contributed by atoms with Gasteiger partial charge in [0.1, 0.15) is 16.4 Å². The summed E-state index contributed by atoms with van der Waals surface area (Å²) in [4.78, 5) is 0.0968. The van der Waals surface area contributed by atoms with Crippen LogP contribution in [0, 0.1) is 0 Å². The molecule has 0 radical (unpaired) electrons. The lowest BCUT2D eigenvalue weighted by Crippen LogP contribution is -2.36. The van der Waals surface area contributed by atoms with E-state index >= 15 is 0 Å². The van der Waals surface area contributed by atoms with Gasteiger partial charge in [-0.1, -0.05) is 0 Å². The maximum atomic E-state index is 12.4. The molecule has 1 aromatic carbocycles. The molecule has 20 heavy (non-hydrogen) atoms. The maximum absolute atomic E-state index is 12.4. The van der Waals surface area contributed by atoms with E-state index in [2.05, 4.69) is 26.0 Å². The number of benzene rings is 1. The van der Waals surface area contributed by atoms with E-state index < -0.39 is 10.0 Å². The highest BCUT2D eigenvalue weighted by Crippen LogP contribution is 2.35. The number of hydrogen-bond acceptors (Lipinski definition) is 5. The van der Waals surface area contributed by atoms with E-state index in [9.17, 15) is 8.42 Å². The van der Waals surface area contributed by atoms with Gasteiger partial charge in [0.05, 0.1) is 18.7 Å². The molecule has 0 bridgehead atoms. The molecule has 8 heteroatoms. The number of halogens is 1. The zero-order chi connectivity index (χ0) is 14.8. The Morgan fingerprint density at radius 3 is 2.55 bits per heavy atom. The van der Waals surface area contributed by atoms with Gasteiger partial charge in [-0.3, -0.25) is 0 Å². The summed E-state index contributed by atoms with van der Waals surface area (Å²) in [7, 11) is -0.695. The van der Waals surface area contributed by atoms with E-state index in [1.54, 1.807) is 6.07 Å². The predicted molar refractivity (Wildman–Crippen MR) is 78.8 cm³/mol. The third-order valence-corrected chi connectivity index (χ3v) is 5.27. The summed E-state index contributed by atoms with van der Waals surface area (Å²) in [5.74, 6) is 0.770. The van der Waals surface area contributed by atoms with Crippen molar-refractivity contribution in [2.45, 2.75) is 17.4 Å². The monoisotopic (exact) mass is 364 g/mol. The smallest absolute Gasteiger partial charge is 0.244 e. The van der Waals surface area contributed by atoms with Crippen LogP contribution in [0.5, 0.6) is 11.5 Å². The van der Waals surface area contributed by atoms with Gasteiger partial charge in [-0.05, 0) is 35.0 Å². The van der Waals surface area contributed by atoms with Crippen molar-refractivity contribution >= 4 is 26.0 Å². The van der Waals surface area contributed by atoms with Crippen LogP contribution in [0.15, 0.2) is 21.5 Å². The lowest BCUT2D eigenvalue weighted by atomic mass is 10.3. The van der Waals surface area contributed by atoms with E-state index in [1.807, 2.05) is 0 Å². The number of hydrogen-bond donors (Lipinski definition) is 2. The average Bonchev–Trinajstić information content (AvgIpc) is 2.90. The summed E-state index contributed by atoms with van der Waals surface area (Å²) in [6.07, 6.45) is 0.777. The first-order valence-electron chi connectivity index (χ1n) is 6.12. The predicted octanol–water partition coefficient (Wildman–Crippen LogP) is 1.11. The maximum Gasteiger partial charge on any atom is 0.244 e. The summed E-state index contributed by atoms with van der Waals surface area (Å²) >= 11 is 3.29. The highest BCUT2D eigenvalue weighted by atomic mass is 79.9. The van der Waals surface area contributed by atoms with Crippen molar-refractivity contribution in [3.8, 4) is 11.5 Å². The van der Waals surface area contributed by atoms with Crippen molar-refractivity contribution in [1.29, 1.82) is 0 Å². The Labute approximate surface area is 127 Å². The fraction of sp³-hybridized carbons (Fsp3) is 0.500. The molecular formula is C12H17BrN2O4S. The molecule has 1 aliphatic heterocycles. The van der Waals surface area contributed by atoms with Crippen molar-refractivity contribution in [3.05, 3.63) is 16.6 Å². The number of nitrogens with one attached hydrogen (secondary N) is 2. The van der Waals surface area contributed by atoms with Crippen LogP contribution >= 0.6 is 15.9 Å². The first-order valence-corrected chi connectivity index (χ1v) is 8.40. The van der Waals surface area contributed by atoms with E-state index in [0.29, 0.717) is 16.8 Å². The van der Waals surface area contributed by atoms with Crippen LogP contribution in [-0.2, 0) is 10.0 Å². The van der Waals surface area contributed by atoms with Crippen molar-refractivity contribution in [2.24, 2.45) is 0 Å². The second-order valence-corrected chi connectivity index (χ2v) is 6.99. The molecule has 6 nitrogen and oxygen atoms in total. The molecule has 1 unspecified atom stereocenters. The van der Waals surface area contributed by atoms with Gasteiger partial charge >= 0.3 is 0 Å². The van der Waals surface area contributed by atoms with Crippen molar-refractivity contribution in [2.75, 3.05) is 27.3 Å². The summed E-state index contributed by atoms with van der Waals surface area (Å²) < 4.78 is 38.4. The van der Waals surface area contributed by atoms with Crippen LogP contribution in [0.1, 0.15) is 6.42 Å². The van der Waals surface area contributed by atoms with Gasteiger partial charge in [-0.2, -0.15) is 0 Å². The molecule has 0 aliphatic carbocycles. The third-order valence-electron chi connectivity index (χ3n) is 3.11. The average molecular weight is 365 g/mol. The molecule has 1 aliphatic rings. The van der Waals surface area contributed by atoms with Crippen molar-refractivity contribution < 1.29 is 17.9 Å². The molecule has 1 saturated heterocycles. The highest BCUT2D eigenvalue weighted by molar-refractivity contribution is 9.10. The van der Waals surface area contributed by atoms with Crippen LogP contribution in [0.4, 0.5) is 0 Å². The first kappa shape index (κ1) is 15.6. The normalized spacial score (nSPS) is 19.1. The Balaban J connectivity index is 2.36. The largest absolute Gasteiger partial charge is 0.495 e. The highest BCUT2D eigenvalue weighted by Gasteiger charge is 2.26. The molecule has 112 valence electrons. The fourth-order valence-corrected chi connectivity index (χ4v) is 4.18. The molecule has 0 saturated carbocycles. The van der Waals surface area contributed by atoms with Crippen LogP contribution in [0.3, 0.4) is 0 Å². The Hall–Kier alpha value is -0.830. The van der Waals surface area contributed by atoms with E-state index in [1.165, 1.54) is 20.3 Å². The van der Waals surface area contributed by atoms with E-state index in [0.717, 1.165) is 13.0 Å². The van der Waals surface area contributed by atoms with Gasteiger partial charge < -0.3 is 14.8 Å². The molecular weight excluding hydrogens is 348 g/mol. The zero-order valence-corrected chi connectivity index (χ0v) is 13.7. The van der Waals surface area contributed by atoms with Crippen LogP contribution in [0.2, 0.25) is 0 Å². The summed E-state index contributed by atoms with van der Waals surface area (Å²) in [6.45, 7) is 1.45. The summed E-state index contributed by atoms with van der Waals surface area (Å²) in [6, 6.07) is 2.94. The van der Waals surface area contributed by atoms with Crippen LogP contribution in [0.25, 0.3) is 0 Å². The van der Waals surface area contributed by atoms with Crippen molar-refractivity contribution in [1.82, 2.24) is 10.0 Å². The minimum absolute atomic E-state index is 0.0921. The van der Waals surface area contributed by atoms with Crippen LogP contribution in [-0.4, -0.2) is 41.8 Å². The Bertz CT molecular complexity index is 585. The molecule has 1 heterocycles. The number of sulfonamides is 1. The summed E-state index contributed by atoms with van der Waals surface area (Å²) in [5, 5.41) is 3.12. The Morgan fingerprint density at radius 2 is 2.00 bits per heavy atom. The molecule has 1 aromatic rings. The van der Waals surface area contributed by atoms with Gasteiger partial charge in [-0.15, -0.1) is 0 Å². The number of rotatable bonds is 5. The number of ether oxygens (including phenoxy) is 2. The molecule has 0 amide bonds. The second-order valence-electron chi connectivity index (χ2n) is 4.45. The summed E-state index contributed by atoms with van der Waals surface area (Å²) in [5.41, 5.74) is 0. The minimum Gasteiger partial charge on any atom is -0.495 e. The SMILES string of the molecule is COc1cc(OC)c(S(=O)(=O)NC2CCNC2)cc1Br. The molecule has 0 aromatic heterocycles. The molecule has 1 atom stereocenters. The van der Waals surface area contributed by atoms with Gasteiger partial charge in [-0.25, -0.2) is 13.1 Å². The van der Waals surface area contributed by atoms with E-state index in [4.69, 9.17) is 9.47 Å². The Kier molecular flexibility index (Phi) is 4.90. The van der Waals surface area contributed by atoms with Gasteiger partial charge in [0, 0.05) is 18.7 Å². The lowest BCUT2D eigenvalue weighted by Gasteiger charge is -2.16. The second kappa shape index (κ2) is 6.30. The van der Waals surface area contributed by atoms with Gasteiger partial charge in [0.2, 0.25) is 10.0 Å². The fourth-order valence-electron chi connectivity index (χ4n) is 2.08. The van der Waals surface area contributed by atoms with Gasteiger partial charge in [0.25, 0.3) is 0 Å². The Morgan fingerprint density at radius 1 is 1.30 bits per heavy atom. The quantitative estimate of drug-likeness (QED) is 0.818. The lowest BCUT2D eigenvalue weighted by molar-refractivity contribution is 0.384. The molecule has 2 N–H and O–H groups in total. The topological polar surface area (TPSA) is 76.7 Å². The molecule has 1 fully saturated rings.